The second-order valence-electron chi connectivity index (χ2n) is 3.68. The number of allylic oxidation sites excluding steroid dienone is 1. The molecule has 0 unspecified atom stereocenters. The molecule has 0 saturated heterocycles. The van der Waals surface area contributed by atoms with Crippen LogP contribution < -0.4 is 4.74 Å². The molecule has 0 bridgehead atoms. The molecule has 1 rings (SSSR count). The first-order valence-electron chi connectivity index (χ1n) is 5.05. The Labute approximate surface area is 90.6 Å². The first-order chi connectivity index (χ1) is 7.15. The fourth-order valence-corrected chi connectivity index (χ4v) is 1.15. The smallest absolute Gasteiger partial charge is 0.313 e. The van der Waals surface area contributed by atoms with Crippen LogP contribution in [0, 0.1) is 5.92 Å². The van der Waals surface area contributed by atoms with Gasteiger partial charge in [0.05, 0.1) is 5.92 Å². The van der Waals surface area contributed by atoms with Crippen molar-refractivity contribution in [1.29, 1.82) is 0 Å². The van der Waals surface area contributed by atoms with Crippen molar-refractivity contribution in [2.45, 2.75) is 20.3 Å². The summed E-state index contributed by atoms with van der Waals surface area (Å²) in [6.07, 6.45) is 2.50. The lowest BCUT2D eigenvalue weighted by Crippen LogP contribution is -2.15. The molecule has 0 atom stereocenters. The zero-order valence-corrected chi connectivity index (χ0v) is 9.19. The van der Waals surface area contributed by atoms with Crippen LogP contribution in [-0.4, -0.2) is 5.97 Å². The van der Waals surface area contributed by atoms with Crippen LogP contribution in [0.15, 0.2) is 36.9 Å². The van der Waals surface area contributed by atoms with E-state index in [1.807, 2.05) is 32.0 Å². The zero-order chi connectivity index (χ0) is 11.3. The van der Waals surface area contributed by atoms with E-state index in [4.69, 9.17) is 4.74 Å². The number of para-hydroxylation sites is 1. The maximum Gasteiger partial charge on any atom is 0.313 e. The van der Waals surface area contributed by atoms with Crippen LogP contribution in [0.25, 0.3) is 0 Å². The number of esters is 1. The first-order valence-corrected chi connectivity index (χ1v) is 5.05. The van der Waals surface area contributed by atoms with Crippen molar-refractivity contribution in [2.75, 3.05) is 0 Å². The van der Waals surface area contributed by atoms with Crippen molar-refractivity contribution in [2.24, 2.45) is 5.92 Å². The maximum absolute atomic E-state index is 11.4. The average Bonchev–Trinajstić information content (AvgIpc) is 2.21. The van der Waals surface area contributed by atoms with Crippen LogP contribution in [0.4, 0.5) is 0 Å². The highest BCUT2D eigenvalue weighted by atomic mass is 16.5. The Morgan fingerprint density at radius 2 is 2.13 bits per heavy atom. The summed E-state index contributed by atoms with van der Waals surface area (Å²) in [5, 5.41) is 0. The Hall–Kier alpha value is -1.57. The summed E-state index contributed by atoms with van der Waals surface area (Å²) in [6.45, 7) is 7.31. The van der Waals surface area contributed by atoms with Gasteiger partial charge in [-0.05, 0) is 18.1 Å². The van der Waals surface area contributed by atoms with E-state index in [1.54, 1.807) is 12.1 Å². The molecule has 1 aromatic rings. The number of ether oxygens (including phenoxy) is 1. The van der Waals surface area contributed by atoms with Crippen molar-refractivity contribution in [3.8, 4) is 5.75 Å². The van der Waals surface area contributed by atoms with E-state index in [2.05, 4.69) is 6.58 Å². The minimum absolute atomic E-state index is 0.109. The molecule has 80 valence electrons. The van der Waals surface area contributed by atoms with Gasteiger partial charge in [-0.2, -0.15) is 0 Å². The summed E-state index contributed by atoms with van der Waals surface area (Å²) in [4.78, 5) is 11.4. The molecule has 0 N–H and O–H groups in total. The quantitative estimate of drug-likeness (QED) is 0.428. The van der Waals surface area contributed by atoms with E-state index in [0.29, 0.717) is 12.2 Å². The Bertz CT molecular complexity index is 353. The van der Waals surface area contributed by atoms with Gasteiger partial charge in [-0.15, -0.1) is 6.58 Å². The molecule has 0 saturated carbocycles. The maximum atomic E-state index is 11.4. The predicted molar refractivity (Wildman–Crippen MR) is 60.8 cm³/mol. The molecule has 0 heterocycles. The summed E-state index contributed by atoms with van der Waals surface area (Å²) >= 11 is 0. The number of carbonyl (C=O) groups is 1. The zero-order valence-electron chi connectivity index (χ0n) is 9.19. The SMILES string of the molecule is C=CCc1ccccc1OC(=O)C(C)C. The summed E-state index contributed by atoms with van der Waals surface area (Å²) in [5.41, 5.74) is 0.988. The van der Waals surface area contributed by atoms with Crippen LogP contribution in [0.3, 0.4) is 0 Å². The molecule has 0 aliphatic rings. The van der Waals surface area contributed by atoms with Crippen LogP contribution in [-0.2, 0) is 11.2 Å². The highest BCUT2D eigenvalue weighted by molar-refractivity contribution is 5.74. The van der Waals surface area contributed by atoms with Crippen molar-refractivity contribution >= 4 is 5.97 Å². The molecular formula is C13H16O2. The third-order valence-corrected chi connectivity index (χ3v) is 2.02. The molecule has 0 aliphatic heterocycles. The van der Waals surface area contributed by atoms with Crippen molar-refractivity contribution < 1.29 is 9.53 Å². The molecule has 1 aromatic carbocycles. The average molecular weight is 204 g/mol. The molecule has 2 heteroatoms. The molecule has 0 aromatic heterocycles. The summed E-state index contributed by atoms with van der Waals surface area (Å²) in [5.74, 6) is 0.324. The Balaban J connectivity index is 2.83. The molecule has 0 amide bonds. The Morgan fingerprint density at radius 1 is 1.47 bits per heavy atom. The second kappa shape index (κ2) is 5.35. The third kappa shape index (κ3) is 3.24. The highest BCUT2D eigenvalue weighted by Gasteiger charge is 2.11. The number of hydrogen-bond donors (Lipinski definition) is 0. The van der Waals surface area contributed by atoms with Gasteiger partial charge in [0.25, 0.3) is 0 Å². The fourth-order valence-electron chi connectivity index (χ4n) is 1.15. The predicted octanol–water partition coefficient (Wildman–Crippen LogP) is 2.98. The van der Waals surface area contributed by atoms with Crippen LogP contribution in [0.2, 0.25) is 0 Å². The Kier molecular flexibility index (Phi) is 4.10. The van der Waals surface area contributed by atoms with Gasteiger partial charge in [0.15, 0.2) is 0 Å². The van der Waals surface area contributed by atoms with Crippen molar-refractivity contribution in [3.05, 3.63) is 42.5 Å². The lowest BCUT2D eigenvalue weighted by molar-refractivity contribution is -0.137. The van der Waals surface area contributed by atoms with E-state index in [-0.39, 0.29) is 11.9 Å². The standard InChI is InChI=1S/C13H16O2/c1-4-7-11-8-5-6-9-12(11)15-13(14)10(2)3/h4-6,8-10H,1,7H2,2-3H3. The lowest BCUT2D eigenvalue weighted by atomic mass is 10.1. The highest BCUT2D eigenvalue weighted by Crippen LogP contribution is 2.19. The molecular weight excluding hydrogens is 188 g/mol. The van der Waals surface area contributed by atoms with Gasteiger partial charge in [0.2, 0.25) is 0 Å². The second-order valence-corrected chi connectivity index (χ2v) is 3.68. The molecule has 0 fully saturated rings. The number of hydrogen-bond acceptors (Lipinski definition) is 2. The third-order valence-electron chi connectivity index (χ3n) is 2.02. The van der Waals surface area contributed by atoms with Gasteiger partial charge >= 0.3 is 5.97 Å². The van der Waals surface area contributed by atoms with Crippen molar-refractivity contribution in [3.63, 3.8) is 0 Å². The molecule has 15 heavy (non-hydrogen) atoms. The minimum atomic E-state index is -0.202. The summed E-state index contributed by atoms with van der Waals surface area (Å²) < 4.78 is 5.27. The fraction of sp³-hybridized carbons (Fsp3) is 0.308. The van der Waals surface area contributed by atoms with Gasteiger partial charge in [0, 0.05) is 0 Å². The van der Waals surface area contributed by atoms with E-state index >= 15 is 0 Å². The first kappa shape index (κ1) is 11.5. The van der Waals surface area contributed by atoms with Crippen molar-refractivity contribution in [1.82, 2.24) is 0 Å². The van der Waals surface area contributed by atoms with Gasteiger partial charge in [0.1, 0.15) is 5.75 Å². The van der Waals surface area contributed by atoms with E-state index in [0.717, 1.165) is 5.56 Å². The normalized spacial score (nSPS) is 10.1. The van der Waals surface area contributed by atoms with Gasteiger partial charge in [-0.1, -0.05) is 38.1 Å². The molecule has 0 spiro atoms. The van der Waals surface area contributed by atoms with E-state index in [1.165, 1.54) is 0 Å². The molecule has 0 radical (unpaired) electrons. The Morgan fingerprint density at radius 3 is 2.73 bits per heavy atom. The lowest BCUT2D eigenvalue weighted by Gasteiger charge is -2.09. The summed E-state index contributed by atoms with van der Waals surface area (Å²) in [6, 6.07) is 7.52. The van der Waals surface area contributed by atoms with Gasteiger partial charge in [-0.3, -0.25) is 4.79 Å². The minimum Gasteiger partial charge on any atom is -0.426 e. The number of carbonyl (C=O) groups excluding carboxylic acids is 1. The van der Waals surface area contributed by atoms with Crippen LogP contribution in [0.1, 0.15) is 19.4 Å². The topological polar surface area (TPSA) is 26.3 Å². The van der Waals surface area contributed by atoms with E-state index < -0.39 is 0 Å². The monoisotopic (exact) mass is 204 g/mol. The molecule has 0 aliphatic carbocycles. The largest absolute Gasteiger partial charge is 0.426 e. The van der Waals surface area contributed by atoms with Gasteiger partial charge < -0.3 is 4.74 Å². The summed E-state index contributed by atoms with van der Waals surface area (Å²) in [7, 11) is 0. The van der Waals surface area contributed by atoms with E-state index in [9.17, 15) is 4.79 Å². The van der Waals surface area contributed by atoms with Crippen LogP contribution in [0.5, 0.6) is 5.75 Å². The van der Waals surface area contributed by atoms with Crippen LogP contribution >= 0.6 is 0 Å². The number of benzene rings is 1. The number of rotatable bonds is 4. The molecule has 2 nitrogen and oxygen atoms in total. The van der Waals surface area contributed by atoms with Gasteiger partial charge in [-0.25, -0.2) is 0 Å².